The standard InChI is InChI=1S/C15H17NO3S/c1-4-18-13-7-6-11(8-14(13)19-5-2)15-16-12(9-20-15)10(3)17/h6-9H,4-5H2,1-3H3. The number of carbonyl (C=O) groups is 1. The fourth-order valence-corrected chi connectivity index (χ4v) is 2.61. The molecule has 0 amide bonds. The summed E-state index contributed by atoms with van der Waals surface area (Å²) in [5.41, 5.74) is 1.42. The lowest BCUT2D eigenvalue weighted by atomic mass is 10.2. The second-order valence-electron chi connectivity index (χ2n) is 4.12. The van der Waals surface area contributed by atoms with Gasteiger partial charge in [-0.1, -0.05) is 0 Å². The molecule has 1 heterocycles. The molecule has 0 aliphatic heterocycles. The maximum absolute atomic E-state index is 11.3. The molecule has 0 bridgehead atoms. The second kappa shape index (κ2) is 6.52. The van der Waals surface area contributed by atoms with E-state index >= 15 is 0 Å². The molecule has 20 heavy (non-hydrogen) atoms. The SMILES string of the molecule is CCOc1ccc(-c2nc(C(C)=O)cs2)cc1OCC. The predicted octanol–water partition coefficient (Wildman–Crippen LogP) is 3.81. The molecule has 0 aliphatic rings. The molecule has 0 unspecified atom stereocenters. The molecule has 0 fully saturated rings. The van der Waals surface area contributed by atoms with Gasteiger partial charge in [-0.25, -0.2) is 4.98 Å². The Hall–Kier alpha value is -1.88. The van der Waals surface area contributed by atoms with Crippen molar-refractivity contribution in [1.82, 2.24) is 4.98 Å². The van der Waals surface area contributed by atoms with Crippen molar-refractivity contribution in [3.05, 3.63) is 29.3 Å². The Labute approximate surface area is 122 Å². The zero-order valence-corrected chi connectivity index (χ0v) is 12.6. The van der Waals surface area contributed by atoms with Gasteiger partial charge in [0.1, 0.15) is 10.7 Å². The summed E-state index contributed by atoms with van der Waals surface area (Å²) in [6.45, 7) is 6.54. The molecule has 0 radical (unpaired) electrons. The van der Waals surface area contributed by atoms with E-state index in [0.29, 0.717) is 24.7 Å². The van der Waals surface area contributed by atoms with E-state index in [1.54, 1.807) is 5.38 Å². The van der Waals surface area contributed by atoms with Crippen LogP contribution in [0.5, 0.6) is 11.5 Å². The fraction of sp³-hybridized carbons (Fsp3) is 0.333. The van der Waals surface area contributed by atoms with E-state index in [4.69, 9.17) is 9.47 Å². The summed E-state index contributed by atoms with van der Waals surface area (Å²) >= 11 is 1.45. The molecule has 1 aromatic heterocycles. The molecule has 0 N–H and O–H groups in total. The monoisotopic (exact) mass is 291 g/mol. The van der Waals surface area contributed by atoms with Gasteiger partial charge in [-0.05, 0) is 32.0 Å². The highest BCUT2D eigenvalue weighted by Crippen LogP contribution is 2.34. The zero-order valence-electron chi connectivity index (χ0n) is 11.8. The van der Waals surface area contributed by atoms with Crippen LogP contribution < -0.4 is 9.47 Å². The van der Waals surface area contributed by atoms with Crippen LogP contribution in [0.3, 0.4) is 0 Å². The van der Waals surface area contributed by atoms with Gasteiger partial charge in [0.05, 0.1) is 13.2 Å². The first-order chi connectivity index (χ1) is 9.65. The molecule has 0 saturated carbocycles. The Bertz CT molecular complexity index is 607. The van der Waals surface area contributed by atoms with Crippen LogP contribution in [-0.2, 0) is 0 Å². The first kappa shape index (κ1) is 14.5. The van der Waals surface area contributed by atoms with Gasteiger partial charge in [0.25, 0.3) is 0 Å². The molecule has 4 nitrogen and oxygen atoms in total. The van der Waals surface area contributed by atoms with Crippen molar-refractivity contribution in [1.29, 1.82) is 0 Å². The highest BCUT2D eigenvalue weighted by molar-refractivity contribution is 7.13. The Kier molecular flexibility index (Phi) is 4.74. The van der Waals surface area contributed by atoms with Crippen molar-refractivity contribution in [2.75, 3.05) is 13.2 Å². The number of nitrogens with zero attached hydrogens (tertiary/aromatic N) is 1. The number of hydrogen-bond donors (Lipinski definition) is 0. The summed E-state index contributed by atoms with van der Waals surface area (Å²) in [7, 11) is 0. The van der Waals surface area contributed by atoms with Crippen LogP contribution in [0, 0.1) is 0 Å². The van der Waals surface area contributed by atoms with Crippen LogP contribution in [0.1, 0.15) is 31.3 Å². The number of rotatable bonds is 6. The highest BCUT2D eigenvalue weighted by atomic mass is 32.1. The van der Waals surface area contributed by atoms with Crippen molar-refractivity contribution < 1.29 is 14.3 Å². The third kappa shape index (κ3) is 3.17. The van der Waals surface area contributed by atoms with E-state index in [1.165, 1.54) is 18.3 Å². The lowest BCUT2D eigenvalue weighted by molar-refractivity contribution is 0.101. The number of aromatic nitrogens is 1. The van der Waals surface area contributed by atoms with Crippen LogP contribution in [0.25, 0.3) is 10.6 Å². The molecular weight excluding hydrogens is 274 g/mol. The smallest absolute Gasteiger partial charge is 0.178 e. The number of Topliss-reactive ketones (excluding diaryl/α,β-unsaturated/α-hetero) is 1. The summed E-state index contributed by atoms with van der Waals surface area (Å²) in [5, 5.41) is 2.58. The van der Waals surface area contributed by atoms with Gasteiger partial charge in [0, 0.05) is 17.9 Å². The Morgan fingerprint density at radius 2 is 1.90 bits per heavy atom. The highest BCUT2D eigenvalue weighted by Gasteiger charge is 2.11. The average Bonchev–Trinajstić information content (AvgIpc) is 2.91. The van der Waals surface area contributed by atoms with Crippen molar-refractivity contribution in [2.45, 2.75) is 20.8 Å². The van der Waals surface area contributed by atoms with Crippen LogP contribution in [0.2, 0.25) is 0 Å². The molecule has 5 heteroatoms. The van der Waals surface area contributed by atoms with Gasteiger partial charge < -0.3 is 9.47 Å². The first-order valence-corrected chi connectivity index (χ1v) is 7.40. The van der Waals surface area contributed by atoms with Crippen molar-refractivity contribution in [3.8, 4) is 22.1 Å². The maximum Gasteiger partial charge on any atom is 0.178 e. The van der Waals surface area contributed by atoms with Crippen molar-refractivity contribution in [2.24, 2.45) is 0 Å². The maximum atomic E-state index is 11.3. The quantitative estimate of drug-likeness (QED) is 0.759. The number of carbonyl (C=O) groups excluding carboxylic acids is 1. The van der Waals surface area contributed by atoms with Crippen LogP contribution in [0.15, 0.2) is 23.6 Å². The van der Waals surface area contributed by atoms with E-state index in [9.17, 15) is 4.79 Å². The van der Waals surface area contributed by atoms with Gasteiger partial charge in [-0.2, -0.15) is 0 Å². The summed E-state index contributed by atoms with van der Waals surface area (Å²) in [6.07, 6.45) is 0. The fourth-order valence-electron chi connectivity index (χ4n) is 1.75. The third-order valence-corrected chi connectivity index (χ3v) is 3.55. The Balaban J connectivity index is 2.36. The van der Waals surface area contributed by atoms with Gasteiger partial charge in [0.2, 0.25) is 0 Å². The first-order valence-electron chi connectivity index (χ1n) is 6.52. The van der Waals surface area contributed by atoms with Crippen LogP contribution in [0.4, 0.5) is 0 Å². The lowest BCUT2D eigenvalue weighted by Crippen LogP contribution is -1.98. The molecule has 0 spiro atoms. The largest absolute Gasteiger partial charge is 0.490 e. The summed E-state index contributed by atoms with van der Waals surface area (Å²) in [5.74, 6) is 1.40. The number of benzene rings is 1. The summed E-state index contributed by atoms with van der Waals surface area (Å²) in [6, 6.07) is 5.70. The van der Waals surface area contributed by atoms with Gasteiger partial charge in [0.15, 0.2) is 17.3 Å². The van der Waals surface area contributed by atoms with E-state index in [2.05, 4.69) is 4.98 Å². The van der Waals surface area contributed by atoms with Crippen LogP contribution >= 0.6 is 11.3 Å². The minimum absolute atomic E-state index is 0.0246. The lowest BCUT2D eigenvalue weighted by Gasteiger charge is -2.11. The third-order valence-electron chi connectivity index (χ3n) is 2.66. The average molecular weight is 291 g/mol. The van der Waals surface area contributed by atoms with Gasteiger partial charge >= 0.3 is 0 Å². The van der Waals surface area contributed by atoms with Gasteiger partial charge in [-0.3, -0.25) is 4.79 Å². The summed E-state index contributed by atoms with van der Waals surface area (Å²) < 4.78 is 11.1. The minimum Gasteiger partial charge on any atom is -0.490 e. The molecule has 2 aromatic rings. The molecule has 1 aromatic carbocycles. The molecule has 0 atom stereocenters. The topological polar surface area (TPSA) is 48.4 Å². The number of hydrogen-bond acceptors (Lipinski definition) is 5. The van der Waals surface area contributed by atoms with Gasteiger partial charge in [-0.15, -0.1) is 11.3 Å². The normalized spacial score (nSPS) is 10.3. The van der Waals surface area contributed by atoms with E-state index in [-0.39, 0.29) is 5.78 Å². The van der Waals surface area contributed by atoms with E-state index < -0.39 is 0 Å². The number of ether oxygens (including phenoxy) is 2. The van der Waals surface area contributed by atoms with E-state index in [1.807, 2.05) is 32.0 Å². The summed E-state index contributed by atoms with van der Waals surface area (Å²) in [4.78, 5) is 15.6. The molecular formula is C15H17NO3S. The number of thiazole rings is 1. The molecule has 0 saturated heterocycles. The molecule has 106 valence electrons. The zero-order chi connectivity index (χ0) is 14.5. The second-order valence-corrected chi connectivity index (χ2v) is 4.98. The minimum atomic E-state index is -0.0246. The van der Waals surface area contributed by atoms with Crippen molar-refractivity contribution in [3.63, 3.8) is 0 Å². The molecule has 2 rings (SSSR count). The molecule has 0 aliphatic carbocycles. The predicted molar refractivity (Wildman–Crippen MR) is 79.9 cm³/mol. The van der Waals surface area contributed by atoms with Crippen LogP contribution in [-0.4, -0.2) is 24.0 Å². The Morgan fingerprint density at radius 1 is 1.20 bits per heavy atom. The number of ketones is 1. The van der Waals surface area contributed by atoms with E-state index in [0.717, 1.165) is 16.3 Å². The Morgan fingerprint density at radius 3 is 2.50 bits per heavy atom. The van der Waals surface area contributed by atoms with Crippen molar-refractivity contribution >= 4 is 17.1 Å².